The van der Waals surface area contributed by atoms with E-state index in [0.29, 0.717) is 11.4 Å². The molecule has 0 aromatic heterocycles. The molecule has 1 amide bonds. The number of anilines is 1. The lowest BCUT2D eigenvalue weighted by atomic mass is 10.1. The fourth-order valence-corrected chi connectivity index (χ4v) is 2.92. The lowest BCUT2D eigenvalue weighted by Crippen LogP contribution is -2.16. The molecule has 0 atom stereocenters. The van der Waals surface area contributed by atoms with E-state index >= 15 is 0 Å². The minimum Gasteiger partial charge on any atom is -0.504 e. The van der Waals surface area contributed by atoms with Gasteiger partial charge in [0, 0.05) is 0 Å². The van der Waals surface area contributed by atoms with E-state index in [2.05, 4.69) is 5.32 Å². The van der Waals surface area contributed by atoms with Crippen LogP contribution in [-0.2, 0) is 0 Å². The molecular weight excluding hydrogens is 306 g/mol. The molecular formula is C19H21NO4. The number of rotatable bonds is 5. The number of benzene rings is 2. The molecule has 126 valence electrons. The molecule has 0 spiro atoms. The van der Waals surface area contributed by atoms with Crippen molar-refractivity contribution < 1.29 is 19.4 Å². The number of carbonyl (C=O) groups excluding carboxylic acids is 1. The first-order chi connectivity index (χ1) is 11.7. The van der Waals surface area contributed by atoms with Gasteiger partial charge in [0.15, 0.2) is 11.5 Å². The molecule has 0 saturated heterocycles. The first-order valence-electron chi connectivity index (χ1n) is 8.12. The number of hydrogen-bond acceptors (Lipinski definition) is 4. The van der Waals surface area contributed by atoms with Crippen LogP contribution in [-0.4, -0.2) is 24.2 Å². The lowest BCUT2D eigenvalue weighted by Gasteiger charge is -2.17. The molecule has 3 rings (SSSR count). The van der Waals surface area contributed by atoms with Gasteiger partial charge in [0.05, 0.1) is 24.5 Å². The van der Waals surface area contributed by atoms with Crippen molar-refractivity contribution in [2.45, 2.75) is 31.8 Å². The average Bonchev–Trinajstić information content (AvgIpc) is 3.10. The number of phenolic OH excluding ortho intramolecular Hbond substituents is 1. The molecule has 1 aliphatic rings. The maximum atomic E-state index is 12.5. The Balaban J connectivity index is 1.79. The lowest BCUT2D eigenvalue weighted by molar-refractivity contribution is 0.102. The molecule has 2 N–H and O–H groups in total. The summed E-state index contributed by atoms with van der Waals surface area (Å²) in [6, 6.07) is 12.2. The predicted octanol–water partition coefficient (Wildman–Crippen LogP) is 3.97. The summed E-state index contributed by atoms with van der Waals surface area (Å²) in [5.41, 5.74) is 0.752. The van der Waals surface area contributed by atoms with Crippen molar-refractivity contribution in [3.8, 4) is 17.2 Å². The first kappa shape index (κ1) is 16.2. The molecule has 0 bridgehead atoms. The second-order valence-corrected chi connectivity index (χ2v) is 5.83. The van der Waals surface area contributed by atoms with Gasteiger partial charge in [0.2, 0.25) is 0 Å². The normalized spacial score (nSPS) is 14.4. The number of ether oxygens (including phenoxy) is 2. The van der Waals surface area contributed by atoms with Gasteiger partial charge in [0.25, 0.3) is 5.91 Å². The van der Waals surface area contributed by atoms with Gasteiger partial charge >= 0.3 is 0 Å². The van der Waals surface area contributed by atoms with Crippen LogP contribution in [0.25, 0.3) is 0 Å². The van der Waals surface area contributed by atoms with Crippen LogP contribution in [0.15, 0.2) is 42.5 Å². The fourth-order valence-electron chi connectivity index (χ4n) is 2.92. The third-order valence-electron chi connectivity index (χ3n) is 4.19. The molecule has 0 unspecified atom stereocenters. The Morgan fingerprint density at radius 2 is 1.79 bits per heavy atom. The average molecular weight is 327 g/mol. The summed E-state index contributed by atoms with van der Waals surface area (Å²) in [6.45, 7) is 0. The highest BCUT2D eigenvalue weighted by molar-refractivity contribution is 6.07. The number of phenols is 1. The smallest absolute Gasteiger partial charge is 0.259 e. The summed E-state index contributed by atoms with van der Waals surface area (Å²) in [5.74, 6) is 0.332. The van der Waals surface area contributed by atoms with Crippen LogP contribution in [0.2, 0.25) is 0 Å². The van der Waals surface area contributed by atoms with Crippen molar-refractivity contribution in [3.63, 3.8) is 0 Å². The predicted molar refractivity (Wildman–Crippen MR) is 91.9 cm³/mol. The standard InChI is InChI=1S/C19H21NO4/c1-23-17-12-6-9-14(18(17)21)19(22)20-15-10-4-5-11-16(15)24-13-7-2-3-8-13/h4-6,9-13,21H,2-3,7-8H2,1H3,(H,20,22). The summed E-state index contributed by atoms with van der Waals surface area (Å²) >= 11 is 0. The van der Waals surface area contributed by atoms with E-state index < -0.39 is 5.91 Å². The van der Waals surface area contributed by atoms with Gasteiger partial charge in [-0.05, 0) is 49.9 Å². The zero-order valence-electron chi connectivity index (χ0n) is 13.6. The van der Waals surface area contributed by atoms with Crippen molar-refractivity contribution in [2.75, 3.05) is 12.4 Å². The van der Waals surface area contributed by atoms with Crippen LogP contribution < -0.4 is 14.8 Å². The zero-order valence-corrected chi connectivity index (χ0v) is 13.6. The first-order valence-corrected chi connectivity index (χ1v) is 8.12. The van der Waals surface area contributed by atoms with E-state index in [4.69, 9.17) is 9.47 Å². The van der Waals surface area contributed by atoms with Gasteiger partial charge in [-0.25, -0.2) is 0 Å². The van der Waals surface area contributed by atoms with Crippen molar-refractivity contribution in [1.29, 1.82) is 0 Å². The molecule has 2 aromatic rings. The van der Waals surface area contributed by atoms with E-state index in [1.807, 2.05) is 18.2 Å². The molecule has 1 aliphatic carbocycles. The van der Waals surface area contributed by atoms with Crippen molar-refractivity contribution in [1.82, 2.24) is 0 Å². The Kier molecular flexibility index (Phi) is 4.89. The highest BCUT2D eigenvalue weighted by atomic mass is 16.5. The molecule has 5 heteroatoms. The number of amides is 1. The fraction of sp³-hybridized carbons (Fsp3) is 0.316. The Labute approximate surface area is 141 Å². The topological polar surface area (TPSA) is 67.8 Å². The third kappa shape index (κ3) is 3.45. The van der Waals surface area contributed by atoms with Gasteiger partial charge in [-0.2, -0.15) is 0 Å². The summed E-state index contributed by atoms with van der Waals surface area (Å²) in [4.78, 5) is 12.5. The van der Waals surface area contributed by atoms with Crippen LogP contribution >= 0.6 is 0 Å². The third-order valence-corrected chi connectivity index (χ3v) is 4.19. The molecule has 1 fully saturated rings. The van der Waals surface area contributed by atoms with E-state index in [9.17, 15) is 9.90 Å². The van der Waals surface area contributed by atoms with Gasteiger partial charge < -0.3 is 19.9 Å². The summed E-state index contributed by atoms with van der Waals surface area (Å²) in [5, 5.41) is 12.9. The van der Waals surface area contributed by atoms with Gasteiger partial charge in [-0.15, -0.1) is 0 Å². The summed E-state index contributed by atoms with van der Waals surface area (Å²) in [7, 11) is 1.45. The Hall–Kier alpha value is -2.69. The zero-order chi connectivity index (χ0) is 16.9. The Morgan fingerprint density at radius 3 is 2.54 bits per heavy atom. The molecule has 0 radical (unpaired) electrons. The molecule has 0 heterocycles. The molecule has 1 saturated carbocycles. The van der Waals surface area contributed by atoms with Crippen LogP contribution in [0.3, 0.4) is 0 Å². The van der Waals surface area contributed by atoms with E-state index in [-0.39, 0.29) is 23.2 Å². The number of carbonyl (C=O) groups is 1. The maximum absolute atomic E-state index is 12.5. The number of aromatic hydroxyl groups is 1. The minimum absolute atomic E-state index is 0.157. The number of hydrogen-bond donors (Lipinski definition) is 2. The number of para-hydroxylation sites is 3. The van der Waals surface area contributed by atoms with Gasteiger partial charge in [0.1, 0.15) is 5.75 Å². The number of nitrogens with one attached hydrogen (secondary N) is 1. The van der Waals surface area contributed by atoms with Crippen LogP contribution in [0.1, 0.15) is 36.0 Å². The van der Waals surface area contributed by atoms with Gasteiger partial charge in [-0.3, -0.25) is 4.79 Å². The second kappa shape index (κ2) is 7.25. The largest absolute Gasteiger partial charge is 0.504 e. The number of methoxy groups -OCH3 is 1. The Morgan fingerprint density at radius 1 is 1.08 bits per heavy atom. The van der Waals surface area contributed by atoms with Crippen LogP contribution in [0.4, 0.5) is 5.69 Å². The molecule has 0 aliphatic heterocycles. The molecule has 2 aromatic carbocycles. The quantitative estimate of drug-likeness (QED) is 0.872. The van der Waals surface area contributed by atoms with Crippen LogP contribution in [0, 0.1) is 0 Å². The Bertz CT molecular complexity index is 723. The SMILES string of the molecule is COc1cccc(C(=O)Nc2ccccc2OC2CCCC2)c1O. The highest BCUT2D eigenvalue weighted by Crippen LogP contribution is 2.32. The van der Waals surface area contributed by atoms with Crippen LogP contribution in [0.5, 0.6) is 17.2 Å². The molecule has 24 heavy (non-hydrogen) atoms. The van der Waals surface area contributed by atoms with Crippen molar-refractivity contribution >= 4 is 11.6 Å². The minimum atomic E-state index is -0.408. The molecule has 5 nitrogen and oxygen atoms in total. The van der Waals surface area contributed by atoms with Crippen molar-refractivity contribution in [2.24, 2.45) is 0 Å². The summed E-state index contributed by atoms with van der Waals surface area (Å²) in [6.07, 6.45) is 4.64. The van der Waals surface area contributed by atoms with E-state index in [0.717, 1.165) is 12.8 Å². The van der Waals surface area contributed by atoms with E-state index in [1.54, 1.807) is 24.3 Å². The highest BCUT2D eigenvalue weighted by Gasteiger charge is 2.20. The van der Waals surface area contributed by atoms with E-state index in [1.165, 1.54) is 20.0 Å². The second-order valence-electron chi connectivity index (χ2n) is 5.83. The monoisotopic (exact) mass is 327 g/mol. The maximum Gasteiger partial charge on any atom is 0.259 e. The van der Waals surface area contributed by atoms with Crippen molar-refractivity contribution in [3.05, 3.63) is 48.0 Å². The summed E-state index contributed by atoms with van der Waals surface area (Å²) < 4.78 is 11.1. The van der Waals surface area contributed by atoms with Gasteiger partial charge in [-0.1, -0.05) is 18.2 Å².